The largest absolute Gasteiger partial charge is 0.491 e. The van der Waals surface area contributed by atoms with E-state index in [2.05, 4.69) is 38.0 Å². The van der Waals surface area contributed by atoms with Gasteiger partial charge in [0, 0.05) is 27.1 Å². The van der Waals surface area contributed by atoms with Crippen molar-refractivity contribution < 1.29 is 19.0 Å². The van der Waals surface area contributed by atoms with Crippen LogP contribution in [-0.4, -0.2) is 27.7 Å². The lowest BCUT2D eigenvalue weighted by atomic mass is 9.90. The number of carboxylic acid groups (broad SMARTS) is 1. The maximum atomic E-state index is 14.9. The second-order valence-electron chi connectivity index (χ2n) is 10.3. The highest BCUT2D eigenvalue weighted by molar-refractivity contribution is 7.16. The molecule has 9 heteroatoms. The maximum Gasteiger partial charge on any atom is 0.339 e. The van der Waals surface area contributed by atoms with E-state index in [-0.39, 0.29) is 22.5 Å². The Morgan fingerprint density at radius 2 is 1.90 bits per heavy atom. The standard InChI is InChI=1S/C29H32FN3O3S2.C2H6/c1-5-6-7-12-36-22-11-10-18(15-21(22)30)25-24(16-29(2,3)4)38-28(32-25)33-26-20(27(34)35)14-19(17-31-26)23-9-8-13-37-23;1-2/h8-11,13-15,17H,5-7,12,16H2,1-4H3,(H,34,35)(H,31,32,33);1-2H3. The molecule has 40 heavy (non-hydrogen) atoms. The highest BCUT2D eigenvalue weighted by Gasteiger charge is 2.22. The zero-order valence-electron chi connectivity index (χ0n) is 24.0. The summed E-state index contributed by atoms with van der Waals surface area (Å²) in [6.45, 7) is 13.0. The number of unbranched alkanes of at least 4 members (excludes halogenated alkanes) is 2. The second-order valence-corrected chi connectivity index (χ2v) is 12.3. The molecule has 0 bridgehead atoms. The summed E-state index contributed by atoms with van der Waals surface area (Å²) in [6, 6.07) is 10.4. The van der Waals surface area contributed by atoms with E-state index in [0.717, 1.165) is 41.0 Å². The summed E-state index contributed by atoms with van der Waals surface area (Å²) >= 11 is 2.94. The molecule has 0 radical (unpaired) electrons. The fraction of sp³-hybridized carbons (Fsp3) is 0.387. The number of hydrogen-bond acceptors (Lipinski definition) is 7. The lowest BCUT2D eigenvalue weighted by Gasteiger charge is -2.17. The number of ether oxygens (including phenoxy) is 1. The highest BCUT2D eigenvalue weighted by Crippen LogP contribution is 2.38. The van der Waals surface area contributed by atoms with Gasteiger partial charge < -0.3 is 15.2 Å². The summed E-state index contributed by atoms with van der Waals surface area (Å²) in [4.78, 5) is 23.1. The number of aromatic carboxylic acids is 1. The summed E-state index contributed by atoms with van der Waals surface area (Å²) in [5.74, 6) is -1.07. The molecule has 0 aliphatic carbocycles. The SMILES string of the molecule is CC.CCCCCOc1ccc(-c2nc(Nc3ncc(-c4cccs4)cc3C(=O)O)sc2CC(C)(C)C)cc1F. The van der Waals surface area contributed by atoms with Crippen LogP contribution in [-0.2, 0) is 6.42 Å². The average molecular weight is 584 g/mol. The number of anilines is 2. The predicted octanol–water partition coefficient (Wildman–Crippen LogP) is 9.70. The van der Waals surface area contributed by atoms with Gasteiger partial charge in [-0.05, 0) is 54.0 Å². The molecule has 0 unspecified atom stereocenters. The molecule has 2 N–H and O–H groups in total. The summed E-state index contributed by atoms with van der Waals surface area (Å²) < 4.78 is 20.6. The molecule has 0 spiro atoms. The van der Waals surface area contributed by atoms with E-state index >= 15 is 0 Å². The molecule has 0 atom stereocenters. The third kappa shape index (κ3) is 8.35. The molecule has 6 nitrogen and oxygen atoms in total. The Hall–Kier alpha value is -3.30. The highest BCUT2D eigenvalue weighted by atomic mass is 32.1. The van der Waals surface area contributed by atoms with E-state index in [0.29, 0.717) is 23.0 Å². The van der Waals surface area contributed by atoms with Crippen molar-refractivity contribution in [2.45, 2.75) is 67.2 Å². The molecular formula is C31H38FN3O3S2. The van der Waals surface area contributed by atoms with Crippen LogP contribution in [0.25, 0.3) is 21.7 Å². The van der Waals surface area contributed by atoms with Gasteiger partial charge in [0.1, 0.15) is 11.4 Å². The number of thiazole rings is 1. The van der Waals surface area contributed by atoms with E-state index in [1.54, 1.807) is 18.3 Å². The lowest BCUT2D eigenvalue weighted by Crippen LogP contribution is -2.08. The summed E-state index contributed by atoms with van der Waals surface area (Å²) in [5.41, 5.74) is 2.07. The quantitative estimate of drug-likeness (QED) is 0.171. The van der Waals surface area contributed by atoms with E-state index < -0.39 is 11.8 Å². The normalized spacial score (nSPS) is 11.1. The molecular weight excluding hydrogens is 545 g/mol. The topological polar surface area (TPSA) is 84.3 Å². The Morgan fingerprint density at radius 3 is 2.52 bits per heavy atom. The van der Waals surface area contributed by atoms with Crippen molar-refractivity contribution in [2.24, 2.45) is 5.41 Å². The van der Waals surface area contributed by atoms with Gasteiger partial charge >= 0.3 is 5.97 Å². The molecule has 3 aromatic heterocycles. The summed E-state index contributed by atoms with van der Waals surface area (Å²) in [7, 11) is 0. The molecule has 0 fully saturated rings. The number of aromatic nitrogens is 2. The van der Waals surface area contributed by atoms with Gasteiger partial charge in [-0.3, -0.25) is 0 Å². The van der Waals surface area contributed by atoms with Crippen molar-refractivity contribution in [3.05, 3.63) is 64.2 Å². The first-order valence-electron chi connectivity index (χ1n) is 13.6. The maximum absolute atomic E-state index is 14.9. The molecule has 4 aromatic rings. The van der Waals surface area contributed by atoms with Crippen LogP contribution in [0, 0.1) is 11.2 Å². The van der Waals surface area contributed by atoms with Gasteiger partial charge in [-0.1, -0.05) is 60.5 Å². The molecule has 0 aliphatic heterocycles. The van der Waals surface area contributed by atoms with Crippen LogP contribution < -0.4 is 10.1 Å². The summed E-state index contributed by atoms with van der Waals surface area (Å²) in [6.07, 6.45) is 5.37. The van der Waals surface area contributed by atoms with Crippen molar-refractivity contribution in [3.63, 3.8) is 0 Å². The molecule has 0 saturated carbocycles. The van der Waals surface area contributed by atoms with Crippen molar-refractivity contribution in [2.75, 3.05) is 11.9 Å². The lowest BCUT2D eigenvalue weighted by molar-refractivity contribution is 0.0697. The molecule has 4 rings (SSSR count). The first-order valence-corrected chi connectivity index (χ1v) is 15.3. The van der Waals surface area contributed by atoms with Crippen molar-refractivity contribution >= 4 is 39.6 Å². The zero-order valence-corrected chi connectivity index (χ0v) is 25.6. The minimum absolute atomic E-state index is 0.0355. The number of pyridine rings is 1. The van der Waals surface area contributed by atoms with Crippen LogP contribution in [0.1, 0.15) is 76.0 Å². The second kappa shape index (κ2) is 14.4. The number of carbonyl (C=O) groups is 1. The minimum Gasteiger partial charge on any atom is -0.491 e. The predicted molar refractivity (Wildman–Crippen MR) is 165 cm³/mol. The third-order valence-electron chi connectivity index (χ3n) is 5.75. The minimum atomic E-state index is -1.08. The fourth-order valence-corrected chi connectivity index (χ4v) is 5.93. The number of halogens is 1. The van der Waals surface area contributed by atoms with E-state index in [4.69, 9.17) is 9.72 Å². The Labute approximate surface area is 244 Å². The molecule has 1 aromatic carbocycles. The van der Waals surface area contributed by atoms with Crippen molar-refractivity contribution in [1.82, 2.24) is 9.97 Å². The Morgan fingerprint density at radius 1 is 1.12 bits per heavy atom. The van der Waals surface area contributed by atoms with Crippen LogP contribution in [0.2, 0.25) is 0 Å². The smallest absolute Gasteiger partial charge is 0.339 e. The van der Waals surface area contributed by atoms with Crippen molar-refractivity contribution in [1.29, 1.82) is 0 Å². The van der Waals surface area contributed by atoms with Crippen LogP contribution in [0.5, 0.6) is 5.75 Å². The molecule has 0 aliphatic rings. The average Bonchev–Trinajstić information content (AvgIpc) is 3.58. The first-order chi connectivity index (χ1) is 19.1. The third-order valence-corrected chi connectivity index (χ3v) is 7.64. The number of thiophene rings is 1. The first kappa shape index (κ1) is 31.2. The number of hydrogen-bond donors (Lipinski definition) is 2. The zero-order chi connectivity index (χ0) is 29.3. The monoisotopic (exact) mass is 583 g/mol. The van der Waals surface area contributed by atoms with E-state index in [9.17, 15) is 14.3 Å². The van der Waals surface area contributed by atoms with Gasteiger partial charge in [0.05, 0.1) is 12.3 Å². The fourth-order valence-electron chi connectivity index (χ4n) is 3.94. The number of carboxylic acids is 1. The number of rotatable bonds is 11. The van der Waals surface area contributed by atoms with E-state index in [1.165, 1.54) is 28.7 Å². The van der Waals surface area contributed by atoms with Gasteiger partial charge in [0.25, 0.3) is 0 Å². The molecule has 3 heterocycles. The Bertz CT molecular complexity index is 1400. The number of nitrogens with zero attached hydrogens (tertiary/aromatic N) is 2. The Kier molecular flexibility index (Phi) is 11.2. The van der Waals surface area contributed by atoms with Crippen LogP contribution in [0.15, 0.2) is 48.0 Å². The van der Waals surface area contributed by atoms with Gasteiger partial charge in [-0.2, -0.15) is 0 Å². The van der Waals surface area contributed by atoms with Gasteiger partial charge in [-0.25, -0.2) is 19.2 Å². The molecule has 0 saturated heterocycles. The molecule has 0 amide bonds. The van der Waals surface area contributed by atoms with Crippen LogP contribution in [0.4, 0.5) is 15.3 Å². The van der Waals surface area contributed by atoms with Crippen LogP contribution in [0.3, 0.4) is 0 Å². The van der Waals surface area contributed by atoms with Gasteiger partial charge in [-0.15, -0.1) is 22.7 Å². The van der Waals surface area contributed by atoms with E-state index in [1.807, 2.05) is 37.4 Å². The number of benzene rings is 1. The van der Waals surface area contributed by atoms with Crippen molar-refractivity contribution in [3.8, 4) is 27.4 Å². The summed E-state index contributed by atoms with van der Waals surface area (Å²) in [5, 5.41) is 15.4. The van der Waals surface area contributed by atoms with Gasteiger partial charge in [0.2, 0.25) is 0 Å². The van der Waals surface area contributed by atoms with Crippen LogP contribution >= 0.6 is 22.7 Å². The Balaban J connectivity index is 0.00000216. The number of nitrogens with one attached hydrogen (secondary N) is 1. The molecule has 214 valence electrons. The van der Waals surface area contributed by atoms with Gasteiger partial charge in [0.15, 0.2) is 16.7 Å².